The first-order valence-corrected chi connectivity index (χ1v) is 7.60. The molecule has 0 unspecified atom stereocenters. The molecule has 0 saturated heterocycles. The number of anilines is 1. The van der Waals surface area contributed by atoms with Crippen LogP contribution in [-0.2, 0) is 12.0 Å². The van der Waals surface area contributed by atoms with Gasteiger partial charge in [-0.05, 0) is 12.1 Å². The number of aromatic nitrogens is 1. The summed E-state index contributed by atoms with van der Waals surface area (Å²) < 4.78 is 0. The van der Waals surface area contributed by atoms with Crippen LogP contribution in [0.4, 0.5) is 11.4 Å². The summed E-state index contributed by atoms with van der Waals surface area (Å²) >= 11 is 7.50. The Morgan fingerprint density at radius 1 is 1.43 bits per heavy atom. The predicted molar refractivity (Wildman–Crippen MR) is 86.2 cm³/mol. The molecule has 1 aromatic carbocycles. The smallest absolute Gasteiger partial charge is 0.292 e. The zero-order valence-electron chi connectivity index (χ0n) is 12.0. The van der Waals surface area contributed by atoms with E-state index in [0.717, 1.165) is 9.88 Å². The van der Waals surface area contributed by atoms with E-state index in [2.05, 4.69) is 31.1 Å². The molecule has 0 fully saturated rings. The summed E-state index contributed by atoms with van der Waals surface area (Å²) in [5, 5.41) is 15.6. The van der Waals surface area contributed by atoms with Crippen LogP contribution in [0.15, 0.2) is 24.4 Å². The van der Waals surface area contributed by atoms with Crippen LogP contribution in [-0.4, -0.2) is 9.91 Å². The molecule has 5 nitrogen and oxygen atoms in total. The third-order valence-electron chi connectivity index (χ3n) is 2.80. The van der Waals surface area contributed by atoms with Crippen molar-refractivity contribution in [3.05, 3.63) is 49.4 Å². The van der Waals surface area contributed by atoms with Crippen molar-refractivity contribution >= 4 is 34.3 Å². The molecule has 1 aromatic heterocycles. The Bertz CT molecular complexity index is 664. The molecule has 0 aliphatic carbocycles. The van der Waals surface area contributed by atoms with E-state index >= 15 is 0 Å². The molecule has 1 heterocycles. The van der Waals surface area contributed by atoms with Gasteiger partial charge in [0.2, 0.25) is 0 Å². The van der Waals surface area contributed by atoms with Gasteiger partial charge in [0.05, 0.1) is 16.5 Å². The summed E-state index contributed by atoms with van der Waals surface area (Å²) in [6.07, 6.45) is 1.80. The van der Waals surface area contributed by atoms with Gasteiger partial charge >= 0.3 is 0 Å². The third kappa shape index (κ3) is 3.92. The number of nitro groups is 1. The molecular weight excluding hydrogens is 310 g/mol. The fourth-order valence-electron chi connectivity index (χ4n) is 1.73. The number of benzene rings is 1. The minimum atomic E-state index is -0.425. The van der Waals surface area contributed by atoms with Gasteiger partial charge in [0.25, 0.3) is 5.69 Å². The number of hydrogen-bond acceptors (Lipinski definition) is 5. The van der Waals surface area contributed by atoms with Gasteiger partial charge < -0.3 is 5.32 Å². The van der Waals surface area contributed by atoms with Crippen LogP contribution >= 0.6 is 22.9 Å². The SMILES string of the molecule is CC(C)(C)c1ncc(CNc2cc(Cl)ccc2[N+](=O)[O-])s1. The highest BCUT2D eigenvalue weighted by molar-refractivity contribution is 7.11. The maximum absolute atomic E-state index is 11.0. The van der Waals surface area contributed by atoms with Crippen molar-refractivity contribution in [2.24, 2.45) is 0 Å². The lowest BCUT2D eigenvalue weighted by Gasteiger charge is -2.13. The number of nitrogens with zero attached hydrogens (tertiary/aromatic N) is 2. The van der Waals surface area contributed by atoms with Gasteiger partial charge in [-0.1, -0.05) is 32.4 Å². The Kier molecular flexibility index (Phi) is 4.49. The molecule has 7 heteroatoms. The first-order chi connectivity index (χ1) is 9.77. The summed E-state index contributed by atoms with van der Waals surface area (Å²) in [5.74, 6) is 0. The molecule has 0 saturated carbocycles. The van der Waals surface area contributed by atoms with E-state index in [4.69, 9.17) is 11.6 Å². The van der Waals surface area contributed by atoms with E-state index in [1.165, 1.54) is 12.1 Å². The molecule has 112 valence electrons. The Hall–Kier alpha value is -1.66. The normalized spacial score (nSPS) is 11.4. The largest absolute Gasteiger partial charge is 0.374 e. The molecule has 21 heavy (non-hydrogen) atoms. The van der Waals surface area contributed by atoms with Gasteiger partial charge in [0, 0.05) is 27.6 Å². The van der Waals surface area contributed by atoms with Crippen molar-refractivity contribution in [1.82, 2.24) is 4.98 Å². The molecule has 0 aliphatic heterocycles. The number of halogens is 1. The van der Waals surface area contributed by atoms with E-state index < -0.39 is 4.92 Å². The lowest BCUT2D eigenvalue weighted by molar-refractivity contribution is -0.384. The molecular formula is C14H16ClN3O2S. The van der Waals surface area contributed by atoms with Gasteiger partial charge in [-0.2, -0.15) is 0 Å². The van der Waals surface area contributed by atoms with Gasteiger partial charge in [-0.25, -0.2) is 4.98 Å². The lowest BCUT2D eigenvalue weighted by atomic mass is 9.98. The summed E-state index contributed by atoms with van der Waals surface area (Å²) in [7, 11) is 0. The summed E-state index contributed by atoms with van der Waals surface area (Å²) in [6, 6.07) is 4.47. The molecule has 2 aromatic rings. The summed E-state index contributed by atoms with van der Waals surface area (Å²) in [6.45, 7) is 6.79. The fourth-order valence-corrected chi connectivity index (χ4v) is 2.81. The molecule has 0 bridgehead atoms. The van der Waals surface area contributed by atoms with Crippen LogP contribution in [0.5, 0.6) is 0 Å². The molecule has 0 aliphatic rings. The van der Waals surface area contributed by atoms with E-state index in [-0.39, 0.29) is 11.1 Å². The van der Waals surface area contributed by atoms with E-state index in [1.807, 2.05) is 0 Å². The molecule has 0 amide bonds. The highest BCUT2D eigenvalue weighted by Gasteiger charge is 2.18. The summed E-state index contributed by atoms with van der Waals surface area (Å²) in [4.78, 5) is 16.0. The topological polar surface area (TPSA) is 68.1 Å². The Labute approximate surface area is 132 Å². The minimum absolute atomic E-state index is 0.00493. The maximum Gasteiger partial charge on any atom is 0.292 e. The van der Waals surface area contributed by atoms with Gasteiger partial charge in [-0.15, -0.1) is 11.3 Å². The third-order valence-corrected chi connectivity index (χ3v) is 4.46. The van der Waals surface area contributed by atoms with E-state index in [0.29, 0.717) is 17.3 Å². The van der Waals surface area contributed by atoms with E-state index in [9.17, 15) is 10.1 Å². The van der Waals surface area contributed by atoms with Crippen molar-refractivity contribution in [3.8, 4) is 0 Å². The van der Waals surface area contributed by atoms with Gasteiger partial charge in [0.15, 0.2) is 0 Å². The first kappa shape index (κ1) is 15.7. The van der Waals surface area contributed by atoms with Crippen LogP contribution in [0, 0.1) is 10.1 Å². The summed E-state index contributed by atoms with van der Waals surface area (Å²) in [5.41, 5.74) is 0.434. The quantitative estimate of drug-likeness (QED) is 0.658. The monoisotopic (exact) mass is 325 g/mol. The van der Waals surface area contributed by atoms with Crippen molar-refractivity contribution in [1.29, 1.82) is 0 Å². The molecule has 0 spiro atoms. The van der Waals surface area contributed by atoms with Crippen LogP contribution in [0.1, 0.15) is 30.7 Å². The molecule has 2 rings (SSSR count). The average molecular weight is 326 g/mol. The fraction of sp³-hybridized carbons (Fsp3) is 0.357. The van der Waals surface area contributed by atoms with Crippen LogP contribution < -0.4 is 5.32 Å². The van der Waals surface area contributed by atoms with Gasteiger partial charge in [-0.3, -0.25) is 10.1 Å². The Balaban J connectivity index is 2.15. The van der Waals surface area contributed by atoms with Crippen molar-refractivity contribution in [3.63, 3.8) is 0 Å². The predicted octanol–water partition coefficient (Wildman–Crippen LogP) is 4.61. The number of nitrogens with one attached hydrogen (secondary N) is 1. The first-order valence-electron chi connectivity index (χ1n) is 6.40. The molecule has 1 N–H and O–H groups in total. The molecule has 0 atom stereocenters. The van der Waals surface area contributed by atoms with Crippen LogP contribution in [0.2, 0.25) is 5.02 Å². The van der Waals surface area contributed by atoms with Crippen LogP contribution in [0.25, 0.3) is 0 Å². The minimum Gasteiger partial charge on any atom is -0.374 e. The van der Waals surface area contributed by atoms with Crippen molar-refractivity contribution in [2.45, 2.75) is 32.7 Å². The number of hydrogen-bond donors (Lipinski definition) is 1. The number of rotatable bonds is 4. The second-order valence-electron chi connectivity index (χ2n) is 5.65. The zero-order chi connectivity index (χ0) is 15.6. The second kappa shape index (κ2) is 5.99. The zero-order valence-corrected chi connectivity index (χ0v) is 13.6. The van der Waals surface area contributed by atoms with E-state index in [1.54, 1.807) is 23.6 Å². The van der Waals surface area contributed by atoms with Crippen molar-refractivity contribution < 1.29 is 4.92 Å². The maximum atomic E-state index is 11.0. The standard InChI is InChI=1S/C14H16ClN3O2S/c1-14(2,3)13-17-8-10(21-13)7-16-11-6-9(15)4-5-12(11)18(19)20/h4-6,8,16H,7H2,1-3H3. The van der Waals surface area contributed by atoms with Crippen molar-refractivity contribution in [2.75, 3.05) is 5.32 Å². The van der Waals surface area contributed by atoms with Gasteiger partial charge in [0.1, 0.15) is 5.69 Å². The van der Waals surface area contributed by atoms with Crippen LogP contribution in [0.3, 0.4) is 0 Å². The Morgan fingerprint density at radius 3 is 2.71 bits per heavy atom. The lowest BCUT2D eigenvalue weighted by Crippen LogP contribution is -2.09. The average Bonchev–Trinajstić information content (AvgIpc) is 2.84. The number of thiazole rings is 1. The Morgan fingerprint density at radius 2 is 2.14 bits per heavy atom. The second-order valence-corrected chi connectivity index (χ2v) is 7.21. The molecule has 0 radical (unpaired) electrons. The number of nitro benzene ring substituents is 1. The highest BCUT2D eigenvalue weighted by Crippen LogP contribution is 2.30. The highest BCUT2D eigenvalue weighted by atomic mass is 35.5.